The first-order valence-corrected chi connectivity index (χ1v) is 7.95. The fourth-order valence-corrected chi connectivity index (χ4v) is 2.22. The van der Waals surface area contributed by atoms with Crippen molar-refractivity contribution in [3.63, 3.8) is 0 Å². The van der Waals surface area contributed by atoms with Crippen LogP contribution in [0.2, 0.25) is 0 Å². The summed E-state index contributed by atoms with van der Waals surface area (Å²) in [5, 5.41) is 11.9. The quantitative estimate of drug-likeness (QED) is 0.685. The monoisotopic (exact) mass is 321 g/mol. The first-order chi connectivity index (χ1) is 10.7. The predicted molar refractivity (Wildman–Crippen MR) is 89.5 cm³/mol. The zero-order valence-corrected chi connectivity index (χ0v) is 14.4. The van der Waals surface area contributed by atoms with E-state index in [-0.39, 0.29) is 18.2 Å². The molecule has 0 fully saturated rings. The van der Waals surface area contributed by atoms with Crippen molar-refractivity contribution in [1.29, 1.82) is 0 Å². The Hall–Kier alpha value is -2.04. The number of rotatable bonds is 9. The Labute approximate surface area is 138 Å². The van der Waals surface area contributed by atoms with Crippen molar-refractivity contribution in [3.8, 4) is 5.75 Å². The third-order valence-corrected chi connectivity index (χ3v) is 4.02. The van der Waals surface area contributed by atoms with Crippen LogP contribution < -0.4 is 10.1 Å². The second-order valence-corrected chi connectivity index (χ2v) is 6.46. The van der Waals surface area contributed by atoms with Gasteiger partial charge in [0.15, 0.2) is 0 Å². The molecule has 0 saturated carbocycles. The number of aliphatic carboxylic acids is 1. The van der Waals surface area contributed by atoms with E-state index in [1.807, 2.05) is 45.0 Å². The summed E-state index contributed by atoms with van der Waals surface area (Å²) in [4.78, 5) is 23.0. The predicted octanol–water partition coefficient (Wildman–Crippen LogP) is 3.16. The number of carboxylic acid groups (broad SMARTS) is 1. The summed E-state index contributed by atoms with van der Waals surface area (Å²) in [6, 6.07) is 7.76. The van der Waals surface area contributed by atoms with E-state index >= 15 is 0 Å². The molecule has 0 spiro atoms. The summed E-state index contributed by atoms with van der Waals surface area (Å²) >= 11 is 0. The molecule has 0 radical (unpaired) electrons. The summed E-state index contributed by atoms with van der Waals surface area (Å²) in [6.45, 7) is 8.03. The SMILES string of the molecule is Cc1cccc(OCCCC(=O)NC(C)(CC(=O)O)C(C)C)c1. The number of carboxylic acids is 1. The van der Waals surface area contributed by atoms with Gasteiger partial charge in [0, 0.05) is 12.0 Å². The normalized spacial score (nSPS) is 13.4. The van der Waals surface area contributed by atoms with Crippen molar-refractivity contribution in [3.05, 3.63) is 29.8 Å². The number of carbonyl (C=O) groups is 2. The van der Waals surface area contributed by atoms with Gasteiger partial charge in [-0.15, -0.1) is 0 Å². The van der Waals surface area contributed by atoms with Crippen molar-refractivity contribution < 1.29 is 19.4 Å². The molecule has 1 atom stereocenters. The molecule has 1 rings (SSSR count). The second-order valence-electron chi connectivity index (χ2n) is 6.46. The fourth-order valence-electron chi connectivity index (χ4n) is 2.22. The van der Waals surface area contributed by atoms with Gasteiger partial charge < -0.3 is 15.2 Å². The Balaban J connectivity index is 2.39. The number of carbonyl (C=O) groups excluding carboxylic acids is 1. The van der Waals surface area contributed by atoms with Gasteiger partial charge in [0.05, 0.1) is 13.0 Å². The summed E-state index contributed by atoms with van der Waals surface area (Å²) in [7, 11) is 0. The van der Waals surface area contributed by atoms with Gasteiger partial charge in [-0.1, -0.05) is 26.0 Å². The lowest BCUT2D eigenvalue weighted by Gasteiger charge is -2.33. The number of nitrogens with one attached hydrogen (secondary N) is 1. The molecule has 0 heterocycles. The molecule has 0 aliphatic rings. The van der Waals surface area contributed by atoms with E-state index in [2.05, 4.69) is 5.32 Å². The van der Waals surface area contributed by atoms with Crippen LogP contribution in [0.3, 0.4) is 0 Å². The molecule has 1 amide bonds. The van der Waals surface area contributed by atoms with Gasteiger partial charge >= 0.3 is 5.97 Å². The molecule has 1 aromatic carbocycles. The highest BCUT2D eigenvalue weighted by atomic mass is 16.5. The Morgan fingerprint density at radius 2 is 2.04 bits per heavy atom. The smallest absolute Gasteiger partial charge is 0.305 e. The molecule has 2 N–H and O–H groups in total. The summed E-state index contributed by atoms with van der Waals surface area (Å²) in [6.07, 6.45) is 0.810. The van der Waals surface area contributed by atoms with E-state index in [4.69, 9.17) is 9.84 Å². The first-order valence-electron chi connectivity index (χ1n) is 7.95. The number of ether oxygens (including phenoxy) is 1. The number of hydrogen-bond donors (Lipinski definition) is 2. The second kappa shape index (κ2) is 8.56. The topological polar surface area (TPSA) is 75.6 Å². The zero-order chi connectivity index (χ0) is 17.5. The van der Waals surface area contributed by atoms with Crippen LogP contribution in [0.1, 0.15) is 45.6 Å². The molecule has 5 nitrogen and oxygen atoms in total. The van der Waals surface area contributed by atoms with Crippen LogP contribution in [0.4, 0.5) is 0 Å². The summed E-state index contributed by atoms with van der Waals surface area (Å²) < 4.78 is 5.61. The van der Waals surface area contributed by atoms with E-state index in [0.29, 0.717) is 19.4 Å². The van der Waals surface area contributed by atoms with Crippen molar-refractivity contribution in [2.75, 3.05) is 6.61 Å². The Morgan fingerprint density at radius 3 is 2.61 bits per heavy atom. The Morgan fingerprint density at radius 1 is 1.35 bits per heavy atom. The lowest BCUT2D eigenvalue weighted by atomic mass is 9.85. The molecule has 5 heteroatoms. The minimum atomic E-state index is -0.913. The van der Waals surface area contributed by atoms with Crippen molar-refractivity contribution in [2.45, 2.75) is 52.5 Å². The van der Waals surface area contributed by atoms with Crippen LogP contribution in [0.15, 0.2) is 24.3 Å². The first kappa shape index (κ1) is 19.0. The lowest BCUT2D eigenvalue weighted by Crippen LogP contribution is -2.51. The number of amides is 1. The highest BCUT2D eigenvalue weighted by molar-refractivity contribution is 5.78. The van der Waals surface area contributed by atoms with Crippen LogP contribution in [0, 0.1) is 12.8 Å². The van der Waals surface area contributed by atoms with Crippen LogP contribution >= 0.6 is 0 Å². The maximum atomic E-state index is 12.1. The molecule has 23 heavy (non-hydrogen) atoms. The van der Waals surface area contributed by atoms with Gasteiger partial charge in [0.2, 0.25) is 5.91 Å². The maximum absolute atomic E-state index is 12.1. The molecule has 0 aliphatic heterocycles. The molecule has 0 aliphatic carbocycles. The molecule has 0 bridgehead atoms. The van der Waals surface area contributed by atoms with Crippen molar-refractivity contribution >= 4 is 11.9 Å². The zero-order valence-electron chi connectivity index (χ0n) is 14.4. The molecule has 1 unspecified atom stereocenters. The molecular formula is C18H27NO4. The van der Waals surface area contributed by atoms with Gasteiger partial charge in [-0.25, -0.2) is 0 Å². The van der Waals surface area contributed by atoms with E-state index in [1.165, 1.54) is 0 Å². The number of aryl methyl sites for hydroxylation is 1. The van der Waals surface area contributed by atoms with Gasteiger partial charge in [-0.05, 0) is 43.9 Å². The third kappa shape index (κ3) is 6.72. The minimum Gasteiger partial charge on any atom is -0.494 e. The highest BCUT2D eigenvalue weighted by Crippen LogP contribution is 2.21. The minimum absolute atomic E-state index is 0.0334. The van der Waals surface area contributed by atoms with Crippen molar-refractivity contribution in [1.82, 2.24) is 5.32 Å². The third-order valence-electron chi connectivity index (χ3n) is 4.02. The average molecular weight is 321 g/mol. The van der Waals surface area contributed by atoms with Crippen LogP contribution in [0.5, 0.6) is 5.75 Å². The average Bonchev–Trinajstić information content (AvgIpc) is 2.42. The molecule has 0 saturated heterocycles. The molecule has 1 aromatic rings. The Bertz CT molecular complexity index is 542. The van der Waals surface area contributed by atoms with Crippen LogP contribution in [0.25, 0.3) is 0 Å². The maximum Gasteiger partial charge on any atom is 0.305 e. The van der Waals surface area contributed by atoms with E-state index in [9.17, 15) is 9.59 Å². The number of hydrogen-bond acceptors (Lipinski definition) is 3. The summed E-state index contributed by atoms with van der Waals surface area (Å²) in [5.41, 5.74) is 0.391. The highest BCUT2D eigenvalue weighted by Gasteiger charge is 2.32. The Kier molecular flexibility index (Phi) is 7.07. The van der Waals surface area contributed by atoms with Crippen LogP contribution in [-0.4, -0.2) is 29.1 Å². The van der Waals surface area contributed by atoms with Gasteiger partial charge in [0.1, 0.15) is 5.75 Å². The largest absolute Gasteiger partial charge is 0.494 e. The van der Waals surface area contributed by atoms with Gasteiger partial charge in [-0.2, -0.15) is 0 Å². The van der Waals surface area contributed by atoms with E-state index in [0.717, 1.165) is 11.3 Å². The van der Waals surface area contributed by atoms with Gasteiger partial charge in [-0.3, -0.25) is 9.59 Å². The lowest BCUT2D eigenvalue weighted by molar-refractivity contribution is -0.139. The number of benzene rings is 1. The van der Waals surface area contributed by atoms with Crippen LogP contribution in [-0.2, 0) is 9.59 Å². The standard InChI is InChI=1S/C18H27NO4/c1-13(2)18(4,12-17(21)22)19-16(20)9-6-10-23-15-8-5-7-14(3)11-15/h5,7-8,11,13H,6,9-10,12H2,1-4H3,(H,19,20)(H,21,22). The van der Waals surface area contributed by atoms with E-state index in [1.54, 1.807) is 6.92 Å². The van der Waals surface area contributed by atoms with Crippen molar-refractivity contribution in [2.24, 2.45) is 5.92 Å². The summed E-state index contributed by atoms with van der Waals surface area (Å²) in [5.74, 6) is -0.228. The van der Waals surface area contributed by atoms with E-state index < -0.39 is 11.5 Å². The van der Waals surface area contributed by atoms with Gasteiger partial charge in [0.25, 0.3) is 0 Å². The fraction of sp³-hybridized carbons (Fsp3) is 0.556. The molecular weight excluding hydrogens is 294 g/mol. The molecule has 128 valence electrons. The molecule has 0 aromatic heterocycles.